The molecular formula is C22H14ClF2N5O. The van der Waals surface area contributed by atoms with Crippen molar-refractivity contribution < 1.29 is 13.6 Å². The summed E-state index contributed by atoms with van der Waals surface area (Å²) in [7, 11) is 0. The van der Waals surface area contributed by atoms with Gasteiger partial charge in [0.1, 0.15) is 11.4 Å². The molecular weight excluding hydrogens is 424 g/mol. The Labute approximate surface area is 181 Å². The van der Waals surface area contributed by atoms with E-state index in [2.05, 4.69) is 25.6 Å². The van der Waals surface area contributed by atoms with Crippen molar-refractivity contribution >= 4 is 34.8 Å². The second-order valence-electron chi connectivity index (χ2n) is 6.38. The molecule has 2 aromatic carbocycles. The van der Waals surface area contributed by atoms with E-state index in [1.165, 1.54) is 18.5 Å². The van der Waals surface area contributed by atoms with Crippen molar-refractivity contribution in [2.24, 2.45) is 0 Å². The molecule has 0 atom stereocenters. The van der Waals surface area contributed by atoms with Crippen molar-refractivity contribution in [1.29, 1.82) is 0 Å². The zero-order valence-corrected chi connectivity index (χ0v) is 16.6. The van der Waals surface area contributed by atoms with Crippen molar-refractivity contribution in [3.8, 4) is 11.1 Å². The lowest BCUT2D eigenvalue weighted by molar-refractivity contribution is 0.102. The number of hydrogen-bond donors (Lipinski definition) is 2. The molecule has 0 saturated carbocycles. The average molecular weight is 438 g/mol. The van der Waals surface area contributed by atoms with Crippen LogP contribution in [0.25, 0.3) is 11.1 Å². The Bertz CT molecular complexity index is 1230. The van der Waals surface area contributed by atoms with Crippen LogP contribution >= 0.6 is 11.6 Å². The number of nitrogens with zero attached hydrogens (tertiary/aromatic N) is 3. The van der Waals surface area contributed by atoms with Crippen LogP contribution in [0.1, 0.15) is 10.5 Å². The summed E-state index contributed by atoms with van der Waals surface area (Å²) in [6.45, 7) is 0. The number of benzene rings is 2. The number of carbonyl (C=O) groups excluding carboxylic acids is 1. The molecule has 4 rings (SSSR count). The van der Waals surface area contributed by atoms with E-state index in [1.807, 2.05) is 30.3 Å². The minimum atomic E-state index is -0.911. The molecule has 1 amide bonds. The molecule has 2 heterocycles. The van der Waals surface area contributed by atoms with Gasteiger partial charge >= 0.3 is 0 Å². The van der Waals surface area contributed by atoms with E-state index >= 15 is 0 Å². The van der Waals surface area contributed by atoms with E-state index in [1.54, 1.807) is 12.3 Å². The van der Waals surface area contributed by atoms with Gasteiger partial charge in [-0.3, -0.25) is 9.78 Å². The zero-order valence-electron chi connectivity index (χ0n) is 15.8. The van der Waals surface area contributed by atoms with E-state index in [-0.39, 0.29) is 16.7 Å². The number of anilines is 3. The van der Waals surface area contributed by atoms with Crippen LogP contribution in [0.5, 0.6) is 0 Å². The molecule has 0 unspecified atom stereocenters. The molecule has 0 radical (unpaired) electrons. The number of rotatable bonds is 5. The fourth-order valence-corrected chi connectivity index (χ4v) is 3.06. The van der Waals surface area contributed by atoms with Crippen molar-refractivity contribution in [3.05, 3.63) is 95.5 Å². The van der Waals surface area contributed by atoms with Crippen LogP contribution in [-0.4, -0.2) is 20.9 Å². The molecule has 0 spiro atoms. The molecule has 0 aliphatic carbocycles. The third kappa shape index (κ3) is 4.65. The summed E-state index contributed by atoms with van der Waals surface area (Å²) >= 11 is 5.63. The molecule has 2 aromatic heterocycles. The van der Waals surface area contributed by atoms with Gasteiger partial charge in [0, 0.05) is 23.0 Å². The lowest BCUT2D eigenvalue weighted by Crippen LogP contribution is -2.15. The summed E-state index contributed by atoms with van der Waals surface area (Å²) in [5.74, 6) is -2.51. The Morgan fingerprint density at radius 3 is 2.45 bits per heavy atom. The lowest BCUT2D eigenvalue weighted by atomic mass is 10.1. The summed E-state index contributed by atoms with van der Waals surface area (Å²) < 4.78 is 28.0. The van der Waals surface area contributed by atoms with Crippen molar-refractivity contribution in [2.45, 2.75) is 0 Å². The number of nitrogens with one attached hydrogen (secondary N) is 2. The number of hydrogen-bond acceptors (Lipinski definition) is 5. The van der Waals surface area contributed by atoms with Crippen LogP contribution in [0.2, 0.25) is 5.02 Å². The largest absolute Gasteiger partial charge is 0.319 e. The van der Waals surface area contributed by atoms with Crippen molar-refractivity contribution in [3.63, 3.8) is 0 Å². The Hall–Kier alpha value is -3.91. The second-order valence-corrected chi connectivity index (χ2v) is 6.81. The summed E-state index contributed by atoms with van der Waals surface area (Å²) in [6, 6.07) is 14.6. The van der Waals surface area contributed by atoms with Gasteiger partial charge in [-0.15, -0.1) is 0 Å². The number of carbonyl (C=O) groups is 1. The molecule has 0 fully saturated rings. The highest BCUT2D eigenvalue weighted by Gasteiger charge is 2.15. The summed E-state index contributed by atoms with van der Waals surface area (Å²) in [5.41, 5.74) is 1.69. The van der Waals surface area contributed by atoms with Gasteiger partial charge in [0.15, 0.2) is 11.6 Å². The van der Waals surface area contributed by atoms with Crippen LogP contribution in [0, 0.1) is 11.6 Å². The first kappa shape index (κ1) is 20.4. The molecule has 0 saturated heterocycles. The van der Waals surface area contributed by atoms with E-state index < -0.39 is 23.2 Å². The van der Waals surface area contributed by atoms with Gasteiger partial charge in [-0.25, -0.2) is 18.7 Å². The monoisotopic (exact) mass is 437 g/mol. The van der Waals surface area contributed by atoms with Gasteiger partial charge in [-0.05, 0) is 29.8 Å². The zero-order chi connectivity index (χ0) is 21.8. The summed E-state index contributed by atoms with van der Waals surface area (Å²) in [5, 5.41) is 5.12. The summed E-state index contributed by atoms with van der Waals surface area (Å²) in [4.78, 5) is 24.8. The normalized spacial score (nSPS) is 10.5. The molecule has 0 bridgehead atoms. The molecule has 6 nitrogen and oxygen atoms in total. The fourth-order valence-electron chi connectivity index (χ4n) is 2.87. The first-order valence-electron chi connectivity index (χ1n) is 9.06. The molecule has 154 valence electrons. The maximum absolute atomic E-state index is 14.0. The molecule has 4 aromatic rings. The maximum Gasteiger partial charge on any atom is 0.274 e. The Morgan fingerprint density at radius 2 is 1.71 bits per heavy atom. The van der Waals surface area contributed by atoms with Crippen LogP contribution in [-0.2, 0) is 0 Å². The Balaban J connectivity index is 1.58. The predicted molar refractivity (Wildman–Crippen MR) is 114 cm³/mol. The van der Waals surface area contributed by atoms with Crippen molar-refractivity contribution in [2.75, 3.05) is 10.6 Å². The minimum absolute atomic E-state index is 0.00450. The Kier molecular flexibility index (Phi) is 5.81. The van der Waals surface area contributed by atoms with Gasteiger partial charge in [0.2, 0.25) is 5.95 Å². The van der Waals surface area contributed by atoms with E-state index in [0.717, 1.165) is 23.3 Å². The first-order valence-corrected chi connectivity index (χ1v) is 9.44. The number of pyridine rings is 1. The lowest BCUT2D eigenvalue weighted by Gasteiger charge is -2.11. The van der Waals surface area contributed by atoms with Gasteiger partial charge in [0.25, 0.3) is 5.91 Å². The van der Waals surface area contributed by atoms with Crippen LogP contribution in [0.3, 0.4) is 0 Å². The van der Waals surface area contributed by atoms with Gasteiger partial charge < -0.3 is 10.6 Å². The van der Waals surface area contributed by atoms with Crippen LogP contribution < -0.4 is 10.6 Å². The van der Waals surface area contributed by atoms with E-state index in [0.29, 0.717) is 5.69 Å². The second kappa shape index (κ2) is 8.85. The Morgan fingerprint density at radius 1 is 0.968 bits per heavy atom. The highest BCUT2D eigenvalue weighted by atomic mass is 35.5. The number of amides is 1. The third-order valence-corrected chi connectivity index (χ3v) is 4.50. The molecule has 0 aliphatic rings. The van der Waals surface area contributed by atoms with Crippen LogP contribution in [0.4, 0.5) is 26.1 Å². The van der Waals surface area contributed by atoms with E-state index in [4.69, 9.17) is 11.6 Å². The minimum Gasteiger partial charge on any atom is -0.319 e. The standard InChI is InChI=1S/C22H14ClF2N5O/c23-14-10-16(24)20(17(25)11-14)30-22-27-9-7-18(29-22)21(31)28-19-12-26-8-6-15(19)13-4-2-1-3-5-13/h1-12H,(H,28,31)(H,27,29,30). The molecule has 31 heavy (non-hydrogen) atoms. The number of halogens is 3. The first-order chi connectivity index (χ1) is 15.0. The topological polar surface area (TPSA) is 79.8 Å². The highest BCUT2D eigenvalue weighted by molar-refractivity contribution is 6.30. The molecule has 2 N–H and O–H groups in total. The predicted octanol–water partition coefficient (Wildman–Crippen LogP) is 5.47. The van der Waals surface area contributed by atoms with Crippen LogP contribution in [0.15, 0.2) is 73.2 Å². The smallest absolute Gasteiger partial charge is 0.274 e. The highest BCUT2D eigenvalue weighted by Crippen LogP contribution is 2.28. The molecule has 0 aliphatic heterocycles. The van der Waals surface area contributed by atoms with Crippen molar-refractivity contribution in [1.82, 2.24) is 15.0 Å². The average Bonchev–Trinajstić information content (AvgIpc) is 2.77. The third-order valence-electron chi connectivity index (χ3n) is 4.29. The fraction of sp³-hybridized carbons (Fsp3) is 0. The van der Waals surface area contributed by atoms with E-state index in [9.17, 15) is 13.6 Å². The van der Waals surface area contributed by atoms with Gasteiger partial charge in [-0.1, -0.05) is 41.9 Å². The van der Waals surface area contributed by atoms with Gasteiger partial charge in [0.05, 0.1) is 11.9 Å². The quantitative estimate of drug-likeness (QED) is 0.433. The summed E-state index contributed by atoms with van der Waals surface area (Å²) in [6.07, 6.45) is 4.45. The number of aromatic nitrogens is 3. The van der Waals surface area contributed by atoms with Gasteiger partial charge in [-0.2, -0.15) is 0 Å². The maximum atomic E-state index is 14.0. The molecule has 9 heteroatoms. The SMILES string of the molecule is O=C(Nc1cnccc1-c1ccccc1)c1ccnc(Nc2c(F)cc(Cl)cc2F)n1.